The van der Waals surface area contributed by atoms with Crippen LogP contribution in [0.3, 0.4) is 0 Å². The highest BCUT2D eigenvalue weighted by Gasteiger charge is 2.22. The van der Waals surface area contributed by atoms with Crippen LogP contribution in [0.4, 0.5) is 8.78 Å². The number of rotatable bonds is 10. The Balaban J connectivity index is 1.73. The van der Waals surface area contributed by atoms with Gasteiger partial charge in [-0.1, -0.05) is 61.2 Å². The van der Waals surface area contributed by atoms with Crippen molar-refractivity contribution in [1.82, 2.24) is 15.2 Å². The van der Waals surface area contributed by atoms with Crippen molar-refractivity contribution in [3.05, 3.63) is 70.9 Å². The van der Waals surface area contributed by atoms with Crippen LogP contribution in [0.2, 0.25) is 5.02 Å². The number of carbonyl (C=O) groups excluding carboxylic acids is 1. The number of aromatic nitrogens is 1. The van der Waals surface area contributed by atoms with E-state index < -0.39 is 6.43 Å². The summed E-state index contributed by atoms with van der Waals surface area (Å²) in [6.07, 6.45) is 3.42. The van der Waals surface area contributed by atoms with E-state index in [-0.39, 0.29) is 23.2 Å². The first kappa shape index (κ1) is 28.0. The maximum Gasteiger partial charge on any atom is 0.270 e. The smallest absolute Gasteiger partial charge is 0.270 e. The van der Waals surface area contributed by atoms with E-state index in [0.717, 1.165) is 38.6 Å². The zero-order valence-corrected chi connectivity index (χ0v) is 22.6. The Hall–Kier alpha value is -3.03. The lowest BCUT2D eigenvalue weighted by molar-refractivity contribution is 0.0922. The molecule has 1 aliphatic rings. The van der Waals surface area contributed by atoms with Gasteiger partial charge in [-0.15, -0.1) is 0 Å². The predicted octanol–water partition coefficient (Wildman–Crippen LogP) is 7.40. The molecule has 202 valence electrons. The first-order valence-electron chi connectivity index (χ1n) is 13.1. The number of benzene rings is 2. The first-order valence-corrected chi connectivity index (χ1v) is 13.5. The molecule has 4 rings (SSSR count). The lowest BCUT2D eigenvalue weighted by atomic mass is 9.94. The molecule has 0 unspecified atom stereocenters. The Labute approximate surface area is 228 Å². The summed E-state index contributed by atoms with van der Waals surface area (Å²) in [5, 5.41) is 3.54. The van der Waals surface area contributed by atoms with E-state index in [1.54, 1.807) is 48.5 Å². The fourth-order valence-corrected chi connectivity index (χ4v) is 4.96. The van der Waals surface area contributed by atoms with Crippen molar-refractivity contribution < 1.29 is 18.3 Å². The van der Waals surface area contributed by atoms with Crippen LogP contribution in [0.15, 0.2) is 54.6 Å². The number of pyridine rings is 1. The van der Waals surface area contributed by atoms with Crippen molar-refractivity contribution >= 4 is 17.5 Å². The highest BCUT2D eigenvalue weighted by molar-refractivity contribution is 6.32. The summed E-state index contributed by atoms with van der Waals surface area (Å²) in [4.78, 5) is 19.9. The average molecular weight is 542 g/mol. The normalized spacial score (nSPS) is 14.2. The van der Waals surface area contributed by atoms with Crippen LogP contribution in [0.25, 0.3) is 22.4 Å². The maximum atomic E-state index is 13.9. The SMILES string of the molecule is CN(C)CCCOc1cc(-c2nc(C(=O)NC3CCCCC3)ccc2-c2ccccc2C(F)F)ccc1Cl. The van der Waals surface area contributed by atoms with E-state index in [1.807, 2.05) is 14.1 Å². The number of ether oxygens (including phenoxy) is 1. The van der Waals surface area contributed by atoms with Crippen molar-refractivity contribution in [3.63, 3.8) is 0 Å². The first-order chi connectivity index (χ1) is 18.3. The van der Waals surface area contributed by atoms with Crippen LogP contribution in [-0.2, 0) is 0 Å². The summed E-state index contributed by atoms with van der Waals surface area (Å²) in [6.45, 7) is 1.34. The molecule has 2 aromatic carbocycles. The molecule has 0 radical (unpaired) electrons. The Morgan fingerprint density at radius 2 is 1.84 bits per heavy atom. The van der Waals surface area contributed by atoms with Gasteiger partial charge in [0.15, 0.2) is 0 Å². The van der Waals surface area contributed by atoms with Gasteiger partial charge in [-0.25, -0.2) is 13.8 Å². The van der Waals surface area contributed by atoms with Gasteiger partial charge >= 0.3 is 0 Å². The van der Waals surface area contributed by atoms with Crippen LogP contribution >= 0.6 is 11.6 Å². The molecule has 1 fully saturated rings. The zero-order chi connectivity index (χ0) is 27.1. The number of hydrogen-bond donors (Lipinski definition) is 1. The topological polar surface area (TPSA) is 54.5 Å². The second kappa shape index (κ2) is 13.2. The molecular weight excluding hydrogens is 508 g/mol. The molecule has 8 heteroatoms. The Morgan fingerprint density at radius 3 is 2.58 bits per heavy atom. The van der Waals surface area contributed by atoms with E-state index in [4.69, 9.17) is 21.3 Å². The van der Waals surface area contributed by atoms with Crippen molar-refractivity contribution in [2.24, 2.45) is 0 Å². The van der Waals surface area contributed by atoms with Crippen LogP contribution in [0, 0.1) is 0 Å². The fraction of sp³-hybridized carbons (Fsp3) is 0.400. The molecule has 1 heterocycles. The summed E-state index contributed by atoms with van der Waals surface area (Å²) in [5.74, 6) is 0.218. The lowest BCUT2D eigenvalue weighted by Gasteiger charge is -2.23. The van der Waals surface area contributed by atoms with Gasteiger partial charge in [0, 0.05) is 29.3 Å². The summed E-state index contributed by atoms with van der Waals surface area (Å²) in [6, 6.07) is 15.0. The van der Waals surface area contributed by atoms with Crippen molar-refractivity contribution in [3.8, 4) is 28.1 Å². The number of amides is 1. The molecule has 5 nitrogen and oxygen atoms in total. The van der Waals surface area contributed by atoms with Crippen LogP contribution in [-0.4, -0.2) is 49.1 Å². The fourth-order valence-electron chi connectivity index (χ4n) is 4.79. The van der Waals surface area contributed by atoms with Gasteiger partial charge in [0.2, 0.25) is 0 Å². The quantitative estimate of drug-likeness (QED) is 0.272. The van der Waals surface area contributed by atoms with Crippen LogP contribution < -0.4 is 10.1 Å². The van der Waals surface area contributed by atoms with E-state index in [0.29, 0.717) is 39.8 Å². The molecule has 0 atom stereocenters. The summed E-state index contributed by atoms with van der Waals surface area (Å²) in [5.41, 5.74) is 2.08. The predicted molar refractivity (Wildman–Crippen MR) is 148 cm³/mol. The number of nitrogens with one attached hydrogen (secondary N) is 1. The van der Waals surface area contributed by atoms with Gasteiger partial charge in [0.05, 0.1) is 17.3 Å². The molecule has 1 aromatic heterocycles. The third-order valence-corrected chi connectivity index (χ3v) is 7.08. The number of nitrogens with zero attached hydrogens (tertiary/aromatic N) is 2. The van der Waals surface area contributed by atoms with Gasteiger partial charge < -0.3 is 15.0 Å². The van der Waals surface area contributed by atoms with Gasteiger partial charge in [-0.3, -0.25) is 4.79 Å². The van der Waals surface area contributed by atoms with Crippen molar-refractivity contribution in [1.29, 1.82) is 0 Å². The van der Waals surface area contributed by atoms with E-state index >= 15 is 0 Å². The summed E-state index contributed by atoms with van der Waals surface area (Å²) < 4.78 is 33.8. The molecule has 1 aliphatic carbocycles. The molecule has 38 heavy (non-hydrogen) atoms. The minimum atomic E-state index is -2.66. The number of alkyl halides is 2. The number of hydrogen-bond acceptors (Lipinski definition) is 4. The second-order valence-electron chi connectivity index (χ2n) is 9.94. The van der Waals surface area contributed by atoms with Gasteiger partial charge in [0.25, 0.3) is 12.3 Å². The molecule has 0 aliphatic heterocycles. The lowest BCUT2D eigenvalue weighted by Crippen LogP contribution is -2.36. The van der Waals surface area contributed by atoms with Crippen LogP contribution in [0.5, 0.6) is 5.75 Å². The summed E-state index contributed by atoms with van der Waals surface area (Å²) >= 11 is 6.42. The highest BCUT2D eigenvalue weighted by atomic mass is 35.5. The second-order valence-corrected chi connectivity index (χ2v) is 10.3. The summed E-state index contributed by atoms with van der Waals surface area (Å²) in [7, 11) is 3.99. The molecule has 0 spiro atoms. The standard InChI is InChI=1S/C30H34ClF2N3O2/c1-36(2)17-8-18-38-27-19-20(13-15-25(27)31)28-23(22-11-6-7-12-24(22)29(32)33)14-16-26(35-28)30(37)34-21-9-4-3-5-10-21/h6-7,11-16,19,21,29H,3-5,8-10,17-18H2,1-2H3,(H,34,37). The minimum Gasteiger partial charge on any atom is -0.492 e. The van der Waals surface area contributed by atoms with Gasteiger partial charge in [0.1, 0.15) is 11.4 Å². The Kier molecular flexibility index (Phi) is 9.69. The average Bonchev–Trinajstić information content (AvgIpc) is 2.92. The van der Waals surface area contributed by atoms with Crippen molar-refractivity contribution in [2.75, 3.05) is 27.2 Å². The van der Waals surface area contributed by atoms with Crippen molar-refractivity contribution in [2.45, 2.75) is 51.0 Å². The molecule has 1 amide bonds. The molecule has 1 saturated carbocycles. The van der Waals surface area contributed by atoms with E-state index in [9.17, 15) is 13.6 Å². The molecule has 3 aromatic rings. The Bertz CT molecular complexity index is 1250. The van der Waals surface area contributed by atoms with E-state index in [2.05, 4.69) is 10.2 Å². The Morgan fingerprint density at radius 1 is 1.08 bits per heavy atom. The molecular formula is C30H34ClF2N3O2. The number of carbonyl (C=O) groups is 1. The van der Waals surface area contributed by atoms with E-state index in [1.165, 1.54) is 12.5 Å². The molecule has 0 bridgehead atoms. The zero-order valence-electron chi connectivity index (χ0n) is 21.9. The third-order valence-electron chi connectivity index (χ3n) is 6.77. The highest BCUT2D eigenvalue weighted by Crippen LogP contribution is 2.39. The molecule has 0 saturated heterocycles. The molecule has 1 N–H and O–H groups in total. The number of halogens is 3. The van der Waals surface area contributed by atoms with Gasteiger partial charge in [-0.05, 0) is 63.2 Å². The minimum absolute atomic E-state index is 0.0934. The van der Waals surface area contributed by atoms with Gasteiger partial charge in [-0.2, -0.15) is 0 Å². The van der Waals surface area contributed by atoms with Crippen LogP contribution in [0.1, 0.15) is 61.0 Å². The maximum absolute atomic E-state index is 13.9. The third kappa shape index (κ3) is 7.08. The monoisotopic (exact) mass is 541 g/mol. The largest absolute Gasteiger partial charge is 0.492 e.